The normalized spacial score (nSPS) is 24.8. The number of hydrogen-bond acceptors (Lipinski definition) is 2. The molecule has 122 valence electrons. The van der Waals surface area contributed by atoms with Gasteiger partial charge in [-0.3, -0.25) is 4.90 Å². The second-order valence-corrected chi connectivity index (χ2v) is 7.39. The van der Waals surface area contributed by atoms with Gasteiger partial charge in [0.05, 0.1) is 10.0 Å². The van der Waals surface area contributed by atoms with Crippen LogP contribution in [0.25, 0.3) is 0 Å². The van der Waals surface area contributed by atoms with Crippen LogP contribution in [-0.4, -0.2) is 33.8 Å². The molecule has 1 N–H and O–H groups in total. The van der Waals surface area contributed by atoms with E-state index in [4.69, 9.17) is 23.2 Å². The Kier molecular flexibility index (Phi) is 4.67. The van der Waals surface area contributed by atoms with Gasteiger partial charge in [-0.25, -0.2) is 4.79 Å². The summed E-state index contributed by atoms with van der Waals surface area (Å²) in [4.78, 5) is 16.2. The Morgan fingerprint density at radius 2 is 1.86 bits per heavy atom. The van der Waals surface area contributed by atoms with Crippen molar-refractivity contribution < 1.29 is 9.90 Å². The molecule has 1 aromatic rings. The van der Waals surface area contributed by atoms with Gasteiger partial charge in [0.15, 0.2) is 0 Å². The van der Waals surface area contributed by atoms with Crippen LogP contribution in [0.15, 0.2) is 18.2 Å². The summed E-state index contributed by atoms with van der Waals surface area (Å²) in [5, 5.41) is 11.6. The minimum atomic E-state index is -1.29. The fraction of sp³-hybridized carbons (Fsp3) is 0.562. The molecule has 1 fully saturated rings. The standard InChI is InChI=1S/C16H22Cl2N2O2/c1-5-8-19-14(21)20(16(4,22)10-15(19,2)3)11-6-7-12(17)13(18)9-11/h6-7,9,22H,5,8,10H2,1-4H3/t16-/m1/s1. The van der Waals surface area contributed by atoms with E-state index >= 15 is 0 Å². The van der Waals surface area contributed by atoms with Crippen LogP contribution in [0.3, 0.4) is 0 Å². The minimum absolute atomic E-state index is 0.221. The number of carbonyl (C=O) groups excluding carboxylic acids is 1. The van der Waals surface area contributed by atoms with E-state index in [-0.39, 0.29) is 6.03 Å². The number of benzene rings is 1. The Hall–Kier alpha value is -0.970. The summed E-state index contributed by atoms with van der Waals surface area (Å²) in [6.07, 6.45) is 1.29. The maximum absolute atomic E-state index is 13.0. The molecule has 4 nitrogen and oxygen atoms in total. The van der Waals surface area contributed by atoms with Crippen molar-refractivity contribution in [2.45, 2.75) is 51.8 Å². The van der Waals surface area contributed by atoms with Crippen LogP contribution in [-0.2, 0) is 0 Å². The first-order valence-electron chi connectivity index (χ1n) is 7.39. The highest BCUT2D eigenvalue weighted by molar-refractivity contribution is 6.42. The molecule has 6 heteroatoms. The zero-order valence-corrected chi connectivity index (χ0v) is 14.9. The largest absolute Gasteiger partial charge is 0.371 e. The molecule has 0 spiro atoms. The van der Waals surface area contributed by atoms with Gasteiger partial charge in [0, 0.05) is 24.2 Å². The second kappa shape index (κ2) is 5.91. The van der Waals surface area contributed by atoms with Gasteiger partial charge in [0.25, 0.3) is 0 Å². The van der Waals surface area contributed by atoms with E-state index in [1.54, 1.807) is 30.0 Å². The average Bonchev–Trinajstić information content (AvgIpc) is 2.37. The van der Waals surface area contributed by atoms with Crippen LogP contribution in [0.1, 0.15) is 40.5 Å². The number of hydrogen-bond donors (Lipinski definition) is 1. The molecule has 0 radical (unpaired) electrons. The molecule has 1 aromatic carbocycles. The maximum Gasteiger partial charge on any atom is 0.327 e. The molecule has 0 bridgehead atoms. The summed E-state index contributed by atoms with van der Waals surface area (Å²) in [5.74, 6) is 0. The Morgan fingerprint density at radius 1 is 1.23 bits per heavy atom. The molecule has 2 rings (SSSR count). The summed E-state index contributed by atoms with van der Waals surface area (Å²) in [6, 6.07) is 4.72. The van der Waals surface area contributed by atoms with Crippen molar-refractivity contribution in [2.24, 2.45) is 0 Å². The van der Waals surface area contributed by atoms with Crippen LogP contribution in [0.4, 0.5) is 10.5 Å². The van der Waals surface area contributed by atoms with Crippen LogP contribution in [0, 0.1) is 0 Å². The second-order valence-electron chi connectivity index (χ2n) is 6.57. The lowest BCUT2D eigenvalue weighted by molar-refractivity contribution is -0.0252. The Morgan fingerprint density at radius 3 is 2.41 bits per heavy atom. The molecule has 1 atom stereocenters. The third-order valence-electron chi connectivity index (χ3n) is 4.01. The van der Waals surface area contributed by atoms with Crippen molar-refractivity contribution in [3.63, 3.8) is 0 Å². The van der Waals surface area contributed by atoms with Gasteiger partial charge in [-0.05, 0) is 45.4 Å². The number of carbonyl (C=O) groups is 1. The SMILES string of the molecule is CCCN1C(=O)N(c2ccc(Cl)c(Cl)c2)[C@](C)(O)CC1(C)C. The molecule has 0 saturated carbocycles. The molecule has 0 aromatic heterocycles. The van der Waals surface area contributed by atoms with Crippen molar-refractivity contribution in [1.29, 1.82) is 0 Å². The van der Waals surface area contributed by atoms with E-state index < -0.39 is 11.3 Å². The quantitative estimate of drug-likeness (QED) is 0.875. The third-order valence-corrected chi connectivity index (χ3v) is 4.75. The van der Waals surface area contributed by atoms with E-state index in [2.05, 4.69) is 0 Å². The number of anilines is 1. The lowest BCUT2D eigenvalue weighted by Gasteiger charge is -2.53. The van der Waals surface area contributed by atoms with Crippen LogP contribution in [0.5, 0.6) is 0 Å². The fourth-order valence-corrected chi connectivity index (χ4v) is 3.51. The molecule has 2 amide bonds. The topological polar surface area (TPSA) is 43.8 Å². The molecule has 1 aliphatic heterocycles. The van der Waals surface area contributed by atoms with E-state index in [9.17, 15) is 9.90 Å². The number of rotatable bonds is 3. The molecular weight excluding hydrogens is 323 g/mol. The highest BCUT2D eigenvalue weighted by atomic mass is 35.5. The highest BCUT2D eigenvalue weighted by Crippen LogP contribution is 2.40. The molecular formula is C16H22Cl2N2O2. The van der Waals surface area contributed by atoms with Gasteiger partial charge in [-0.1, -0.05) is 30.1 Å². The van der Waals surface area contributed by atoms with Crippen molar-refractivity contribution in [1.82, 2.24) is 4.90 Å². The van der Waals surface area contributed by atoms with Gasteiger partial charge < -0.3 is 10.0 Å². The van der Waals surface area contributed by atoms with Crippen molar-refractivity contribution in [3.05, 3.63) is 28.2 Å². The summed E-state index contributed by atoms with van der Waals surface area (Å²) in [7, 11) is 0. The Bertz CT molecular complexity index is 588. The van der Waals surface area contributed by atoms with Gasteiger partial charge in [0.1, 0.15) is 5.72 Å². The average molecular weight is 345 g/mol. The lowest BCUT2D eigenvalue weighted by atomic mass is 9.87. The van der Waals surface area contributed by atoms with Gasteiger partial charge in [-0.2, -0.15) is 0 Å². The maximum atomic E-state index is 13.0. The fourth-order valence-electron chi connectivity index (χ4n) is 3.21. The number of halogens is 2. The van der Waals surface area contributed by atoms with Crippen LogP contribution >= 0.6 is 23.2 Å². The zero-order chi connectivity index (χ0) is 16.7. The highest BCUT2D eigenvalue weighted by Gasteiger charge is 2.50. The summed E-state index contributed by atoms with van der Waals surface area (Å²) in [5.41, 5.74) is -1.16. The molecule has 1 aliphatic rings. The minimum Gasteiger partial charge on any atom is -0.371 e. The number of amides is 2. The number of nitrogens with zero attached hydrogens (tertiary/aromatic N) is 2. The van der Waals surface area contributed by atoms with E-state index in [1.165, 1.54) is 4.90 Å². The van der Waals surface area contributed by atoms with Crippen molar-refractivity contribution >= 4 is 34.9 Å². The molecule has 22 heavy (non-hydrogen) atoms. The third kappa shape index (κ3) is 3.05. The van der Waals surface area contributed by atoms with E-state index in [1.807, 2.05) is 20.8 Å². The smallest absolute Gasteiger partial charge is 0.327 e. The molecule has 1 heterocycles. The summed E-state index contributed by atoms with van der Waals surface area (Å²) < 4.78 is 0. The first kappa shape index (κ1) is 17.4. The Labute approximate surface area is 141 Å². The molecule has 1 saturated heterocycles. The predicted molar refractivity (Wildman–Crippen MR) is 90.7 cm³/mol. The van der Waals surface area contributed by atoms with Gasteiger partial charge in [-0.15, -0.1) is 0 Å². The monoisotopic (exact) mass is 344 g/mol. The van der Waals surface area contributed by atoms with Crippen molar-refractivity contribution in [2.75, 3.05) is 11.4 Å². The van der Waals surface area contributed by atoms with E-state index in [0.717, 1.165) is 6.42 Å². The van der Waals surface area contributed by atoms with Crippen molar-refractivity contribution in [3.8, 4) is 0 Å². The Balaban J connectivity index is 2.48. The van der Waals surface area contributed by atoms with Gasteiger partial charge >= 0.3 is 6.03 Å². The van der Waals surface area contributed by atoms with Crippen LogP contribution in [0.2, 0.25) is 10.0 Å². The molecule has 0 unspecified atom stereocenters. The molecule has 0 aliphatic carbocycles. The van der Waals surface area contributed by atoms with Gasteiger partial charge in [0.2, 0.25) is 0 Å². The summed E-state index contributed by atoms with van der Waals surface area (Å²) in [6.45, 7) is 8.26. The lowest BCUT2D eigenvalue weighted by Crippen LogP contribution is -2.68. The number of urea groups is 1. The zero-order valence-electron chi connectivity index (χ0n) is 13.4. The first-order valence-corrected chi connectivity index (χ1v) is 8.15. The van der Waals surface area contributed by atoms with Crippen LogP contribution < -0.4 is 4.90 Å². The summed E-state index contributed by atoms with van der Waals surface area (Å²) >= 11 is 12.0. The first-order chi connectivity index (χ1) is 10.1. The van der Waals surface area contributed by atoms with E-state index in [0.29, 0.717) is 28.7 Å². The number of aliphatic hydroxyl groups is 1. The predicted octanol–water partition coefficient (Wildman–Crippen LogP) is 4.52.